The number of carbonyl (C=O) groups is 2. The van der Waals surface area contributed by atoms with Gasteiger partial charge in [-0.2, -0.15) is 0 Å². The lowest BCUT2D eigenvalue weighted by atomic mass is 9.83. The summed E-state index contributed by atoms with van der Waals surface area (Å²) in [6, 6.07) is 5.78. The number of rotatable bonds is 4. The maximum absolute atomic E-state index is 12.7. The van der Waals surface area contributed by atoms with Crippen LogP contribution < -0.4 is 0 Å². The second kappa shape index (κ2) is 5.88. The number of likely N-dealkylation sites (tertiary alicyclic amines) is 1. The Morgan fingerprint density at radius 3 is 2.43 bits per heavy atom. The molecule has 0 aromatic heterocycles. The molecular formula is C17H23NO3. The molecule has 0 bridgehead atoms. The third-order valence-corrected chi connectivity index (χ3v) is 4.52. The summed E-state index contributed by atoms with van der Waals surface area (Å²) in [6.07, 6.45) is 1.99. The molecular weight excluding hydrogens is 266 g/mol. The van der Waals surface area contributed by atoms with E-state index in [1.54, 1.807) is 4.90 Å². The van der Waals surface area contributed by atoms with Crippen molar-refractivity contribution < 1.29 is 14.7 Å². The number of aliphatic carboxylic acids is 1. The Bertz CT molecular complexity index is 547. The maximum atomic E-state index is 12.7. The summed E-state index contributed by atoms with van der Waals surface area (Å²) in [4.78, 5) is 26.1. The third kappa shape index (κ3) is 2.80. The van der Waals surface area contributed by atoms with Gasteiger partial charge in [0, 0.05) is 18.7 Å². The van der Waals surface area contributed by atoms with E-state index in [1.807, 2.05) is 39.0 Å². The second-order valence-corrected chi connectivity index (χ2v) is 6.08. The minimum Gasteiger partial charge on any atom is -0.481 e. The largest absolute Gasteiger partial charge is 0.481 e. The number of aryl methyl sites for hydroxylation is 2. The lowest BCUT2D eigenvalue weighted by Crippen LogP contribution is -2.37. The second-order valence-electron chi connectivity index (χ2n) is 6.08. The summed E-state index contributed by atoms with van der Waals surface area (Å²) in [6.45, 7) is 6.68. The molecule has 1 aliphatic heterocycles. The van der Waals surface area contributed by atoms with E-state index in [-0.39, 0.29) is 5.91 Å². The number of benzene rings is 1. The van der Waals surface area contributed by atoms with Crippen LogP contribution in [-0.2, 0) is 4.79 Å². The van der Waals surface area contributed by atoms with Crippen molar-refractivity contribution >= 4 is 11.9 Å². The first-order chi connectivity index (χ1) is 9.91. The molecule has 4 heteroatoms. The summed E-state index contributed by atoms with van der Waals surface area (Å²) in [5.74, 6) is -0.814. The Labute approximate surface area is 125 Å². The molecule has 0 spiro atoms. The van der Waals surface area contributed by atoms with Crippen LogP contribution in [0.15, 0.2) is 18.2 Å². The van der Waals surface area contributed by atoms with Crippen LogP contribution in [0, 0.1) is 19.3 Å². The molecule has 1 atom stereocenters. The highest BCUT2D eigenvalue weighted by atomic mass is 16.4. The van der Waals surface area contributed by atoms with Gasteiger partial charge in [-0.1, -0.05) is 31.5 Å². The Hall–Kier alpha value is -1.84. The van der Waals surface area contributed by atoms with E-state index in [0.717, 1.165) is 23.1 Å². The van der Waals surface area contributed by atoms with Gasteiger partial charge in [-0.25, -0.2) is 0 Å². The smallest absolute Gasteiger partial charge is 0.311 e. The summed E-state index contributed by atoms with van der Waals surface area (Å²) in [5, 5.41) is 9.54. The fourth-order valence-corrected chi connectivity index (χ4v) is 3.32. The molecule has 1 amide bonds. The number of hydrogen-bond donors (Lipinski definition) is 1. The lowest BCUT2D eigenvalue weighted by molar-refractivity contribution is -0.148. The van der Waals surface area contributed by atoms with E-state index in [2.05, 4.69) is 0 Å². The van der Waals surface area contributed by atoms with Crippen LogP contribution >= 0.6 is 0 Å². The van der Waals surface area contributed by atoms with E-state index in [0.29, 0.717) is 25.9 Å². The highest BCUT2D eigenvalue weighted by Crippen LogP contribution is 2.36. The zero-order chi connectivity index (χ0) is 15.6. The molecule has 1 heterocycles. The van der Waals surface area contributed by atoms with Gasteiger partial charge in [-0.15, -0.1) is 0 Å². The number of carboxylic acid groups (broad SMARTS) is 1. The Morgan fingerprint density at radius 1 is 1.29 bits per heavy atom. The van der Waals surface area contributed by atoms with Crippen LogP contribution in [0.4, 0.5) is 0 Å². The number of carboxylic acids is 1. The molecule has 1 aromatic rings. The van der Waals surface area contributed by atoms with Gasteiger partial charge in [0.05, 0.1) is 5.41 Å². The van der Waals surface area contributed by atoms with E-state index in [1.165, 1.54) is 0 Å². The molecule has 1 fully saturated rings. The zero-order valence-corrected chi connectivity index (χ0v) is 13.0. The molecule has 1 N–H and O–H groups in total. The van der Waals surface area contributed by atoms with Crippen LogP contribution in [-0.4, -0.2) is 35.0 Å². The van der Waals surface area contributed by atoms with Crippen LogP contribution in [0.1, 0.15) is 47.7 Å². The van der Waals surface area contributed by atoms with Crippen molar-refractivity contribution in [2.75, 3.05) is 13.1 Å². The van der Waals surface area contributed by atoms with Gasteiger partial charge in [0.1, 0.15) is 0 Å². The zero-order valence-electron chi connectivity index (χ0n) is 13.0. The summed E-state index contributed by atoms with van der Waals surface area (Å²) in [5.41, 5.74) is 1.85. The molecule has 2 rings (SSSR count). The van der Waals surface area contributed by atoms with Crippen molar-refractivity contribution in [3.63, 3.8) is 0 Å². The highest BCUT2D eigenvalue weighted by Gasteiger charge is 2.45. The van der Waals surface area contributed by atoms with E-state index in [9.17, 15) is 14.7 Å². The summed E-state index contributed by atoms with van der Waals surface area (Å²) < 4.78 is 0. The maximum Gasteiger partial charge on any atom is 0.311 e. The van der Waals surface area contributed by atoms with Gasteiger partial charge in [0.15, 0.2) is 0 Å². The molecule has 4 nitrogen and oxygen atoms in total. The fourth-order valence-electron chi connectivity index (χ4n) is 3.32. The van der Waals surface area contributed by atoms with Crippen molar-refractivity contribution in [1.82, 2.24) is 4.90 Å². The molecule has 1 unspecified atom stereocenters. The first-order valence-corrected chi connectivity index (χ1v) is 7.50. The first kappa shape index (κ1) is 15.5. The van der Waals surface area contributed by atoms with Crippen molar-refractivity contribution in [3.8, 4) is 0 Å². The lowest BCUT2D eigenvalue weighted by Gasteiger charge is -2.25. The number of carbonyl (C=O) groups excluding carboxylic acids is 1. The van der Waals surface area contributed by atoms with Crippen LogP contribution in [0.3, 0.4) is 0 Å². The van der Waals surface area contributed by atoms with E-state index < -0.39 is 11.4 Å². The van der Waals surface area contributed by atoms with Crippen LogP contribution in [0.25, 0.3) is 0 Å². The molecule has 1 aliphatic rings. The van der Waals surface area contributed by atoms with Gasteiger partial charge in [0.2, 0.25) is 0 Å². The predicted octanol–water partition coefficient (Wildman–Crippen LogP) is 3.02. The van der Waals surface area contributed by atoms with Crippen LogP contribution in [0.2, 0.25) is 0 Å². The molecule has 21 heavy (non-hydrogen) atoms. The highest BCUT2D eigenvalue weighted by molar-refractivity contribution is 5.97. The minimum atomic E-state index is -0.777. The van der Waals surface area contributed by atoms with Gasteiger partial charge in [-0.05, 0) is 37.8 Å². The number of nitrogens with zero attached hydrogens (tertiary/aromatic N) is 1. The summed E-state index contributed by atoms with van der Waals surface area (Å²) in [7, 11) is 0. The predicted molar refractivity (Wildman–Crippen MR) is 81.4 cm³/mol. The molecule has 0 saturated carbocycles. The monoisotopic (exact) mass is 289 g/mol. The Kier molecular flexibility index (Phi) is 4.35. The van der Waals surface area contributed by atoms with Crippen molar-refractivity contribution in [2.24, 2.45) is 5.41 Å². The molecule has 0 radical (unpaired) electrons. The van der Waals surface area contributed by atoms with Gasteiger partial charge in [-0.3, -0.25) is 9.59 Å². The van der Waals surface area contributed by atoms with Gasteiger partial charge in [0.25, 0.3) is 5.91 Å². The quantitative estimate of drug-likeness (QED) is 0.927. The van der Waals surface area contributed by atoms with E-state index >= 15 is 0 Å². The Balaban J connectivity index is 2.25. The van der Waals surface area contributed by atoms with Crippen molar-refractivity contribution in [2.45, 2.75) is 40.0 Å². The number of hydrogen-bond acceptors (Lipinski definition) is 2. The average Bonchev–Trinajstić information content (AvgIpc) is 2.84. The topological polar surface area (TPSA) is 57.6 Å². The van der Waals surface area contributed by atoms with E-state index in [4.69, 9.17) is 0 Å². The van der Waals surface area contributed by atoms with Gasteiger partial charge < -0.3 is 10.0 Å². The van der Waals surface area contributed by atoms with Gasteiger partial charge >= 0.3 is 5.97 Å². The van der Waals surface area contributed by atoms with Crippen LogP contribution in [0.5, 0.6) is 0 Å². The molecule has 1 saturated heterocycles. The SMILES string of the molecule is CCCC1(C(=O)O)CCN(C(=O)c2c(C)cccc2C)C1. The molecule has 0 aliphatic carbocycles. The minimum absolute atomic E-state index is 0.0372. The van der Waals surface area contributed by atoms with Crippen molar-refractivity contribution in [1.29, 1.82) is 0 Å². The molecule has 114 valence electrons. The summed E-state index contributed by atoms with van der Waals surface area (Å²) >= 11 is 0. The number of amides is 1. The standard InChI is InChI=1S/C17H23NO3/c1-4-8-17(16(20)21)9-10-18(11-17)15(19)14-12(2)6-5-7-13(14)3/h5-7H,4,8-11H2,1-3H3,(H,20,21). The third-order valence-electron chi connectivity index (χ3n) is 4.52. The Morgan fingerprint density at radius 2 is 1.90 bits per heavy atom. The normalized spacial score (nSPS) is 21.6. The average molecular weight is 289 g/mol. The fraction of sp³-hybridized carbons (Fsp3) is 0.529. The van der Waals surface area contributed by atoms with Crippen molar-refractivity contribution in [3.05, 3.63) is 34.9 Å². The first-order valence-electron chi connectivity index (χ1n) is 7.50. The molecule has 1 aromatic carbocycles.